The molecule has 0 radical (unpaired) electrons. The molecule has 0 bridgehead atoms. The molecule has 1 aliphatic rings. The third-order valence-electron chi connectivity index (χ3n) is 3.79. The second-order valence-electron chi connectivity index (χ2n) is 5.16. The van der Waals surface area contributed by atoms with Gasteiger partial charge >= 0.3 is 0 Å². The van der Waals surface area contributed by atoms with Gasteiger partial charge in [0.15, 0.2) is 0 Å². The van der Waals surface area contributed by atoms with Crippen LogP contribution in [0.2, 0.25) is 0 Å². The van der Waals surface area contributed by atoms with Crippen LogP contribution in [0.3, 0.4) is 0 Å². The van der Waals surface area contributed by atoms with Crippen molar-refractivity contribution in [1.29, 1.82) is 0 Å². The van der Waals surface area contributed by atoms with Crippen molar-refractivity contribution in [3.63, 3.8) is 0 Å². The Labute approximate surface area is 112 Å². The number of hydrogen-bond donors (Lipinski definition) is 1. The molecule has 5 heteroatoms. The molecule has 1 aromatic heterocycles. The number of rotatable bonds is 4. The van der Waals surface area contributed by atoms with Crippen molar-refractivity contribution >= 4 is 17.0 Å². The number of halogens is 1. The van der Waals surface area contributed by atoms with E-state index in [2.05, 4.69) is 9.88 Å². The van der Waals surface area contributed by atoms with Crippen LogP contribution in [0, 0.1) is 5.82 Å². The highest BCUT2D eigenvalue weighted by Crippen LogP contribution is 2.19. The van der Waals surface area contributed by atoms with Gasteiger partial charge in [0.05, 0.1) is 11.0 Å². The molecule has 1 aliphatic heterocycles. The second kappa shape index (κ2) is 5.17. The summed E-state index contributed by atoms with van der Waals surface area (Å²) in [5.41, 5.74) is 7.47. The Balaban J connectivity index is 1.72. The van der Waals surface area contributed by atoms with Crippen LogP contribution < -0.4 is 5.73 Å². The summed E-state index contributed by atoms with van der Waals surface area (Å²) in [6.07, 6.45) is 3.63. The van der Waals surface area contributed by atoms with Crippen LogP contribution in [0.4, 0.5) is 10.3 Å². The van der Waals surface area contributed by atoms with E-state index in [-0.39, 0.29) is 5.82 Å². The zero-order valence-electron chi connectivity index (χ0n) is 11.0. The molecular weight excluding hydrogens is 243 g/mol. The van der Waals surface area contributed by atoms with Crippen molar-refractivity contribution in [2.75, 3.05) is 25.4 Å². The van der Waals surface area contributed by atoms with Gasteiger partial charge in [0.25, 0.3) is 0 Å². The number of nitrogens with zero attached hydrogens (tertiary/aromatic N) is 3. The maximum atomic E-state index is 13.3. The van der Waals surface area contributed by atoms with Crippen molar-refractivity contribution in [1.82, 2.24) is 14.5 Å². The summed E-state index contributed by atoms with van der Waals surface area (Å²) in [5.74, 6) is 0.232. The SMILES string of the molecule is Nc1nc2ccc(F)cc2n1CCCN1CCCC1. The maximum Gasteiger partial charge on any atom is 0.201 e. The molecular formula is C14H19FN4. The Morgan fingerprint density at radius 2 is 2.00 bits per heavy atom. The van der Waals surface area contributed by atoms with E-state index < -0.39 is 0 Å². The highest BCUT2D eigenvalue weighted by atomic mass is 19.1. The summed E-state index contributed by atoms with van der Waals surface area (Å²) in [6, 6.07) is 4.61. The van der Waals surface area contributed by atoms with Crippen molar-refractivity contribution in [2.45, 2.75) is 25.8 Å². The van der Waals surface area contributed by atoms with Gasteiger partial charge in [-0.15, -0.1) is 0 Å². The van der Waals surface area contributed by atoms with Gasteiger partial charge in [-0.05, 0) is 57.1 Å². The van der Waals surface area contributed by atoms with E-state index in [1.165, 1.54) is 38.1 Å². The van der Waals surface area contributed by atoms with Gasteiger partial charge in [-0.25, -0.2) is 9.37 Å². The second-order valence-corrected chi connectivity index (χ2v) is 5.16. The molecule has 2 aromatic rings. The van der Waals surface area contributed by atoms with Gasteiger partial charge in [0, 0.05) is 6.54 Å². The molecule has 0 spiro atoms. The first-order valence-electron chi connectivity index (χ1n) is 6.88. The number of aryl methyl sites for hydroxylation is 1. The third kappa shape index (κ3) is 2.56. The highest BCUT2D eigenvalue weighted by Gasteiger charge is 2.12. The predicted molar refractivity (Wildman–Crippen MR) is 74.4 cm³/mol. The summed E-state index contributed by atoms with van der Waals surface area (Å²) in [7, 11) is 0. The lowest BCUT2D eigenvalue weighted by atomic mass is 10.3. The number of nitrogen functional groups attached to an aromatic ring is 1. The lowest BCUT2D eigenvalue weighted by Crippen LogP contribution is -2.21. The predicted octanol–water partition coefficient (Wildman–Crippen LogP) is 2.24. The molecule has 4 nitrogen and oxygen atoms in total. The fourth-order valence-corrected chi connectivity index (χ4v) is 2.81. The summed E-state index contributed by atoms with van der Waals surface area (Å²) >= 11 is 0. The Morgan fingerprint density at radius 1 is 1.21 bits per heavy atom. The lowest BCUT2D eigenvalue weighted by molar-refractivity contribution is 0.326. The van der Waals surface area contributed by atoms with E-state index in [4.69, 9.17) is 5.73 Å². The van der Waals surface area contributed by atoms with E-state index >= 15 is 0 Å². The molecule has 19 heavy (non-hydrogen) atoms. The Hall–Kier alpha value is -1.62. The zero-order valence-corrected chi connectivity index (χ0v) is 11.0. The van der Waals surface area contributed by atoms with Crippen molar-refractivity contribution in [3.8, 4) is 0 Å². The number of aromatic nitrogens is 2. The topological polar surface area (TPSA) is 47.1 Å². The normalized spacial score (nSPS) is 16.5. The first kappa shape index (κ1) is 12.4. The first-order valence-corrected chi connectivity index (χ1v) is 6.88. The zero-order chi connectivity index (χ0) is 13.2. The number of anilines is 1. The van der Waals surface area contributed by atoms with E-state index in [1.807, 2.05) is 4.57 Å². The molecule has 0 aliphatic carbocycles. The molecule has 2 heterocycles. The Morgan fingerprint density at radius 3 is 2.79 bits per heavy atom. The van der Waals surface area contributed by atoms with Crippen molar-refractivity contribution < 1.29 is 4.39 Å². The van der Waals surface area contributed by atoms with Gasteiger partial charge in [0.2, 0.25) is 5.95 Å². The number of fused-ring (bicyclic) bond motifs is 1. The van der Waals surface area contributed by atoms with Crippen LogP contribution in [-0.2, 0) is 6.54 Å². The first-order chi connectivity index (χ1) is 9.24. The van der Waals surface area contributed by atoms with Crippen molar-refractivity contribution in [3.05, 3.63) is 24.0 Å². The van der Waals surface area contributed by atoms with Gasteiger partial charge in [-0.1, -0.05) is 0 Å². The van der Waals surface area contributed by atoms with Crippen LogP contribution in [0.25, 0.3) is 11.0 Å². The largest absolute Gasteiger partial charge is 0.369 e. The van der Waals surface area contributed by atoms with Crippen molar-refractivity contribution in [2.24, 2.45) is 0 Å². The van der Waals surface area contributed by atoms with E-state index in [1.54, 1.807) is 6.07 Å². The van der Waals surface area contributed by atoms with Crippen LogP contribution >= 0.6 is 0 Å². The minimum Gasteiger partial charge on any atom is -0.369 e. The molecule has 0 unspecified atom stereocenters. The molecule has 0 saturated carbocycles. The van der Waals surface area contributed by atoms with E-state index in [0.29, 0.717) is 5.95 Å². The molecule has 2 N–H and O–H groups in total. The van der Waals surface area contributed by atoms with E-state index in [0.717, 1.165) is 30.5 Å². The summed E-state index contributed by atoms with van der Waals surface area (Å²) < 4.78 is 15.2. The molecule has 0 atom stereocenters. The highest BCUT2D eigenvalue weighted by molar-refractivity contribution is 5.78. The van der Waals surface area contributed by atoms with Crippen LogP contribution in [0.5, 0.6) is 0 Å². The number of nitrogens with two attached hydrogens (primary N) is 1. The minimum atomic E-state index is -0.242. The molecule has 1 aromatic carbocycles. The average Bonchev–Trinajstić information content (AvgIpc) is 2.99. The molecule has 0 amide bonds. The average molecular weight is 262 g/mol. The lowest BCUT2D eigenvalue weighted by Gasteiger charge is -2.14. The Bertz CT molecular complexity index is 572. The number of likely N-dealkylation sites (tertiary alicyclic amines) is 1. The number of benzene rings is 1. The van der Waals surface area contributed by atoms with E-state index in [9.17, 15) is 4.39 Å². The standard InChI is InChI=1S/C14H19FN4/c15-11-4-5-12-13(10-11)19(14(16)17-12)9-3-8-18-6-1-2-7-18/h4-5,10H,1-3,6-9H2,(H2,16,17). The van der Waals surface area contributed by atoms with Gasteiger partial charge in [0.1, 0.15) is 5.82 Å². The van der Waals surface area contributed by atoms with Gasteiger partial charge < -0.3 is 15.2 Å². The van der Waals surface area contributed by atoms with Gasteiger partial charge in [-0.3, -0.25) is 0 Å². The fraction of sp³-hybridized carbons (Fsp3) is 0.500. The summed E-state index contributed by atoms with van der Waals surface area (Å²) in [4.78, 5) is 6.73. The molecule has 1 fully saturated rings. The minimum absolute atomic E-state index is 0.242. The summed E-state index contributed by atoms with van der Waals surface area (Å²) in [5, 5.41) is 0. The third-order valence-corrected chi connectivity index (χ3v) is 3.79. The van der Waals surface area contributed by atoms with Crippen LogP contribution in [0.1, 0.15) is 19.3 Å². The van der Waals surface area contributed by atoms with Gasteiger partial charge in [-0.2, -0.15) is 0 Å². The van der Waals surface area contributed by atoms with Crippen LogP contribution in [-0.4, -0.2) is 34.1 Å². The molecule has 1 saturated heterocycles. The summed E-state index contributed by atoms with van der Waals surface area (Å²) in [6.45, 7) is 4.28. The number of hydrogen-bond acceptors (Lipinski definition) is 3. The number of imidazole rings is 1. The Kier molecular flexibility index (Phi) is 3.38. The fourth-order valence-electron chi connectivity index (χ4n) is 2.81. The molecule has 3 rings (SSSR count). The monoisotopic (exact) mass is 262 g/mol. The maximum absolute atomic E-state index is 13.3. The van der Waals surface area contributed by atoms with Crippen LogP contribution in [0.15, 0.2) is 18.2 Å². The quantitative estimate of drug-likeness (QED) is 0.919. The smallest absolute Gasteiger partial charge is 0.201 e. The molecule has 102 valence electrons.